The van der Waals surface area contributed by atoms with E-state index in [-0.39, 0.29) is 18.2 Å². The lowest BCUT2D eigenvalue weighted by Gasteiger charge is -2.06. The van der Waals surface area contributed by atoms with E-state index < -0.39 is 5.97 Å². The molecule has 0 amide bonds. The summed E-state index contributed by atoms with van der Waals surface area (Å²) in [7, 11) is 0. The van der Waals surface area contributed by atoms with Gasteiger partial charge in [0.05, 0.1) is 5.84 Å². The van der Waals surface area contributed by atoms with Crippen molar-refractivity contribution in [2.24, 2.45) is 11.7 Å². The van der Waals surface area contributed by atoms with E-state index in [9.17, 15) is 4.79 Å². The Balaban J connectivity index is 3.39. The highest BCUT2D eigenvalue weighted by Crippen LogP contribution is 2.06. The van der Waals surface area contributed by atoms with Crippen LogP contribution in [0.1, 0.15) is 26.2 Å². The average molecular weight is 158 g/mol. The van der Waals surface area contributed by atoms with Crippen LogP contribution in [0.3, 0.4) is 0 Å². The first kappa shape index (κ1) is 9.94. The number of aliphatic carboxylic acids is 1. The minimum absolute atomic E-state index is 0.00866. The summed E-state index contributed by atoms with van der Waals surface area (Å²) in [6.07, 6.45) is 1.44. The quantitative estimate of drug-likeness (QED) is 0.408. The molecule has 0 aliphatic heterocycles. The molecule has 0 aliphatic rings. The third-order valence-electron chi connectivity index (χ3n) is 1.56. The van der Waals surface area contributed by atoms with Crippen molar-refractivity contribution in [2.45, 2.75) is 26.2 Å². The maximum Gasteiger partial charge on any atom is 0.303 e. The van der Waals surface area contributed by atoms with E-state index in [1.165, 1.54) is 0 Å². The fourth-order valence-electron chi connectivity index (χ4n) is 0.715. The molecule has 0 aliphatic carbocycles. The monoisotopic (exact) mass is 158 g/mol. The summed E-state index contributed by atoms with van der Waals surface area (Å²) in [6, 6.07) is 0. The molecule has 4 nitrogen and oxygen atoms in total. The zero-order valence-electron chi connectivity index (χ0n) is 6.63. The van der Waals surface area contributed by atoms with Crippen molar-refractivity contribution in [2.75, 3.05) is 0 Å². The Morgan fingerprint density at radius 2 is 2.27 bits per heavy atom. The van der Waals surface area contributed by atoms with Crippen molar-refractivity contribution in [1.29, 1.82) is 5.41 Å². The van der Waals surface area contributed by atoms with Gasteiger partial charge >= 0.3 is 5.97 Å². The molecular weight excluding hydrogens is 144 g/mol. The highest BCUT2D eigenvalue weighted by molar-refractivity contribution is 5.79. The van der Waals surface area contributed by atoms with Gasteiger partial charge in [-0.3, -0.25) is 10.2 Å². The van der Waals surface area contributed by atoms with Crippen LogP contribution in [-0.2, 0) is 4.79 Å². The molecule has 0 saturated carbocycles. The van der Waals surface area contributed by atoms with Crippen molar-refractivity contribution in [3.05, 3.63) is 0 Å². The fraction of sp³-hybridized carbons (Fsp3) is 0.714. The van der Waals surface area contributed by atoms with Gasteiger partial charge in [0.15, 0.2) is 0 Å². The third-order valence-corrected chi connectivity index (χ3v) is 1.56. The second-order valence-corrected chi connectivity index (χ2v) is 2.64. The first-order chi connectivity index (χ1) is 5.04. The molecule has 4 heteroatoms. The number of nitrogens with one attached hydrogen (secondary N) is 1. The van der Waals surface area contributed by atoms with Crippen LogP contribution in [0.25, 0.3) is 0 Å². The molecule has 1 unspecified atom stereocenters. The predicted octanol–water partition coefficient (Wildman–Crippen LogP) is 0.813. The van der Waals surface area contributed by atoms with E-state index in [2.05, 4.69) is 0 Å². The summed E-state index contributed by atoms with van der Waals surface area (Å²) in [4.78, 5) is 10.1. The van der Waals surface area contributed by atoms with Crippen LogP contribution in [0.4, 0.5) is 0 Å². The van der Waals surface area contributed by atoms with E-state index in [0.717, 1.165) is 0 Å². The zero-order chi connectivity index (χ0) is 8.85. The van der Waals surface area contributed by atoms with Gasteiger partial charge in [0.2, 0.25) is 0 Å². The number of amidine groups is 1. The fourth-order valence-corrected chi connectivity index (χ4v) is 0.715. The first-order valence-corrected chi connectivity index (χ1v) is 3.59. The van der Waals surface area contributed by atoms with Gasteiger partial charge in [-0.2, -0.15) is 0 Å². The number of rotatable bonds is 5. The summed E-state index contributed by atoms with van der Waals surface area (Å²) >= 11 is 0. The Labute approximate surface area is 65.9 Å². The molecule has 0 aromatic rings. The van der Waals surface area contributed by atoms with Crippen LogP contribution in [0.2, 0.25) is 0 Å². The summed E-state index contributed by atoms with van der Waals surface area (Å²) in [5.41, 5.74) is 5.19. The molecule has 11 heavy (non-hydrogen) atoms. The maximum absolute atomic E-state index is 10.1. The maximum atomic E-state index is 10.1. The lowest BCUT2D eigenvalue weighted by atomic mass is 10.0. The van der Waals surface area contributed by atoms with Gasteiger partial charge in [-0.1, -0.05) is 6.92 Å². The van der Waals surface area contributed by atoms with Crippen molar-refractivity contribution < 1.29 is 9.90 Å². The van der Waals surface area contributed by atoms with E-state index in [0.29, 0.717) is 12.8 Å². The highest BCUT2D eigenvalue weighted by atomic mass is 16.4. The standard InChI is InChI=1S/C7H14N2O2/c1-5(7(8)9)3-2-4-6(10)11/h5H,2-4H2,1H3,(H3,8,9)(H,10,11). The van der Waals surface area contributed by atoms with Crippen molar-refractivity contribution in [3.63, 3.8) is 0 Å². The summed E-state index contributed by atoms with van der Waals surface area (Å²) in [6.45, 7) is 1.82. The third kappa shape index (κ3) is 5.39. The number of nitrogens with two attached hydrogens (primary N) is 1. The molecule has 0 radical (unpaired) electrons. The summed E-state index contributed by atoms with van der Waals surface area (Å²) < 4.78 is 0. The Kier molecular flexibility index (Phi) is 4.26. The van der Waals surface area contributed by atoms with Crippen molar-refractivity contribution >= 4 is 11.8 Å². The van der Waals surface area contributed by atoms with Gasteiger partial charge in [0.1, 0.15) is 0 Å². The number of hydrogen-bond acceptors (Lipinski definition) is 2. The molecule has 64 valence electrons. The van der Waals surface area contributed by atoms with Gasteiger partial charge < -0.3 is 10.8 Å². The van der Waals surface area contributed by atoms with Crippen LogP contribution < -0.4 is 5.73 Å². The highest BCUT2D eigenvalue weighted by Gasteiger charge is 2.05. The largest absolute Gasteiger partial charge is 0.481 e. The Morgan fingerprint density at radius 3 is 2.64 bits per heavy atom. The first-order valence-electron chi connectivity index (χ1n) is 3.59. The zero-order valence-corrected chi connectivity index (χ0v) is 6.63. The van der Waals surface area contributed by atoms with Crippen LogP contribution >= 0.6 is 0 Å². The predicted molar refractivity (Wildman–Crippen MR) is 42.6 cm³/mol. The summed E-state index contributed by atoms with van der Waals surface area (Å²) in [5.74, 6) is -0.648. The molecule has 0 rings (SSSR count). The van der Waals surface area contributed by atoms with E-state index in [4.69, 9.17) is 16.2 Å². The minimum Gasteiger partial charge on any atom is -0.481 e. The Morgan fingerprint density at radius 1 is 1.73 bits per heavy atom. The molecule has 0 saturated heterocycles. The van der Waals surface area contributed by atoms with Crippen molar-refractivity contribution in [1.82, 2.24) is 0 Å². The second kappa shape index (κ2) is 4.71. The lowest BCUT2D eigenvalue weighted by molar-refractivity contribution is -0.137. The molecule has 0 fully saturated rings. The van der Waals surface area contributed by atoms with E-state index >= 15 is 0 Å². The number of carbonyl (C=O) groups is 1. The number of carboxylic acids is 1. The molecule has 0 aromatic carbocycles. The molecule has 1 atom stereocenters. The number of hydrogen-bond donors (Lipinski definition) is 3. The molecule has 0 spiro atoms. The van der Waals surface area contributed by atoms with Crippen LogP contribution in [-0.4, -0.2) is 16.9 Å². The normalized spacial score (nSPS) is 12.5. The van der Waals surface area contributed by atoms with Crippen LogP contribution in [0.5, 0.6) is 0 Å². The number of carboxylic acid groups (broad SMARTS) is 1. The SMILES string of the molecule is CC(CCCC(=O)O)C(=N)N. The molecule has 0 aromatic heterocycles. The average Bonchev–Trinajstić information content (AvgIpc) is 1.86. The molecule has 4 N–H and O–H groups in total. The smallest absolute Gasteiger partial charge is 0.303 e. The van der Waals surface area contributed by atoms with Gasteiger partial charge in [-0.05, 0) is 12.8 Å². The summed E-state index contributed by atoms with van der Waals surface area (Å²) in [5, 5.41) is 15.3. The Hall–Kier alpha value is -1.06. The lowest BCUT2D eigenvalue weighted by Crippen LogP contribution is -2.19. The van der Waals surface area contributed by atoms with E-state index in [1.54, 1.807) is 0 Å². The van der Waals surface area contributed by atoms with Gasteiger partial charge in [-0.25, -0.2) is 0 Å². The van der Waals surface area contributed by atoms with Crippen LogP contribution in [0.15, 0.2) is 0 Å². The topological polar surface area (TPSA) is 87.2 Å². The minimum atomic E-state index is -0.791. The van der Waals surface area contributed by atoms with Crippen molar-refractivity contribution in [3.8, 4) is 0 Å². The van der Waals surface area contributed by atoms with Crippen LogP contribution in [0, 0.1) is 11.3 Å². The van der Waals surface area contributed by atoms with Gasteiger partial charge in [0.25, 0.3) is 0 Å². The molecule has 0 bridgehead atoms. The molecule has 0 heterocycles. The van der Waals surface area contributed by atoms with Gasteiger partial charge in [0, 0.05) is 12.3 Å². The van der Waals surface area contributed by atoms with Gasteiger partial charge in [-0.15, -0.1) is 0 Å². The molecular formula is C7H14N2O2. The van der Waals surface area contributed by atoms with E-state index in [1.807, 2.05) is 6.92 Å². The second-order valence-electron chi connectivity index (χ2n) is 2.64. The Bertz CT molecular complexity index is 157.